The molecule has 9 nitrogen and oxygen atoms in total. The number of nitro groups is 1. The van der Waals surface area contributed by atoms with Crippen molar-refractivity contribution in [1.29, 1.82) is 0 Å². The maximum absolute atomic E-state index is 12.3. The summed E-state index contributed by atoms with van der Waals surface area (Å²) in [4.78, 5) is 28.0. The highest BCUT2D eigenvalue weighted by Gasteiger charge is 2.22. The Morgan fingerprint density at radius 1 is 1.52 bits per heavy atom. The molecule has 9 heteroatoms. The molecule has 0 atom stereocenters. The number of carbonyl (C=O) groups excluding carboxylic acids is 1. The van der Waals surface area contributed by atoms with Crippen LogP contribution in [0.25, 0.3) is 0 Å². The highest BCUT2D eigenvalue weighted by atomic mass is 16.6. The summed E-state index contributed by atoms with van der Waals surface area (Å²) in [7, 11) is 1.55. The predicted octanol–water partition coefficient (Wildman–Crippen LogP) is 0.876. The number of nitrogens with two attached hydrogens (primary N) is 1. The number of hydrogen-bond acceptors (Lipinski definition) is 6. The Hall–Kier alpha value is -2.97. The van der Waals surface area contributed by atoms with Gasteiger partial charge in [0.05, 0.1) is 17.0 Å². The number of benzene rings is 1. The third kappa shape index (κ3) is 2.96. The summed E-state index contributed by atoms with van der Waals surface area (Å²) in [6.45, 7) is 1.92. The maximum atomic E-state index is 12.3. The fraction of sp³-hybridized carbons (Fsp3) is 0.250. The van der Waals surface area contributed by atoms with Crippen LogP contribution in [-0.4, -0.2) is 38.0 Å². The van der Waals surface area contributed by atoms with Gasteiger partial charge in [-0.05, 0) is 13.0 Å². The molecule has 1 heterocycles. The number of nitrogens with zero attached hydrogens (tertiary/aromatic N) is 4. The number of hydrogen-bond donors (Lipinski definition) is 2. The van der Waals surface area contributed by atoms with Crippen molar-refractivity contribution in [2.75, 3.05) is 12.8 Å². The minimum Gasteiger partial charge on any atom is -0.393 e. The first kappa shape index (κ1) is 14.4. The van der Waals surface area contributed by atoms with Crippen LogP contribution in [0.4, 0.5) is 11.4 Å². The molecular formula is C12H14N6O3. The van der Waals surface area contributed by atoms with E-state index in [0.717, 1.165) is 0 Å². The van der Waals surface area contributed by atoms with Crippen LogP contribution in [0.2, 0.25) is 0 Å². The van der Waals surface area contributed by atoms with Crippen molar-refractivity contribution >= 4 is 17.3 Å². The Labute approximate surface area is 119 Å². The van der Waals surface area contributed by atoms with Gasteiger partial charge in [-0.25, -0.2) is 4.98 Å². The number of nitro benzene ring substituents is 1. The van der Waals surface area contributed by atoms with Crippen LogP contribution >= 0.6 is 0 Å². The molecule has 3 N–H and O–H groups in total. The van der Waals surface area contributed by atoms with Gasteiger partial charge in [-0.2, -0.15) is 5.10 Å². The number of H-pyrrole nitrogens is 1. The quantitative estimate of drug-likeness (QED) is 0.488. The number of aromatic amines is 1. The average Bonchev–Trinajstić information content (AvgIpc) is 2.83. The zero-order valence-corrected chi connectivity index (χ0v) is 11.5. The number of carbonyl (C=O) groups is 1. The number of rotatable bonds is 4. The van der Waals surface area contributed by atoms with Crippen LogP contribution in [-0.2, 0) is 6.54 Å². The molecule has 2 rings (SSSR count). The van der Waals surface area contributed by atoms with Gasteiger partial charge in [-0.15, -0.1) is 0 Å². The fourth-order valence-corrected chi connectivity index (χ4v) is 1.85. The van der Waals surface area contributed by atoms with Gasteiger partial charge in [0.15, 0.2) is 5.82 Å². The minimum atomic E-state index is -0.620. The Morgan fingerprint density at radius 2 is 2.24 bits per heavy atom. The molecular weight excluding hydrogens is 276 g/mol. The van der Waals surface area contributed by atoms with E-state index < -0.39 is 10.8 Å². The molecule has 0 aliphatic rings. The summed E-state index contributed by atoms with van der Waals surface area (Å²) >= 11 is 0. The van der Waals surface area contributed by atoms with E-state index in [0.29, 0.717) is 11.6 Å². The van der Waals surface area contributed by atoms with Crippen molar-refractivity contribution in [3.8, 4) is 0 Å². The van der Waals surface area contributed by atoms with Crippen LogP contribution < -0.4 is 5.73 Å². The normalized spacial score (nSPS) is 10.4. The summed E-state index contributed by atoms with van der Waals surface area (Å²) in [5, 5.41) is 17.4. The van der Waals surface area contributed by atoms with Crippen LogP contribution in [0.1, 0.15) is 22.0 Å². The second kappa shape index (κ2) is 5.57. The van der Waals surface area contributed by atoms with Crippen LogP contribution in [0.15, 0.2) is 18.2 Å². The van der Waals surface area contributed by atoms with Crippen molar-refractivity contribution in [2.24, 2.45) is 0 Å². The Kier molecular flexibility index (Phi) is 3.83. The van der Waals surface area contributed by atoms with Crippen molar-refractivity contribution in [3.63, 3.8) is 0 Å². The summed E-state index contributed by atoms with van der Waals surface area (Å²) in [6, 6.07) is 4.13. The molecule has 110 valence electrons. The zero-order valence-electron chi connectivity index (χ0n) is 11.5. The molecule has 1 aromatic heterocycles. The number of aromatic nitrogens is 3. The predicted molar refractivity (Wildman–Crippen MR) is 74.4 cm³/mol. The summed E-state index contributed by atoms with van der Waals surface area (Å²) < 4.78 is 0. The summed E-state index contributed by atoms with van der Waals surface area (Å²) in [6.07, 6.45) is 0. The SMILES string of the molecule is Cc1nc(CN(C)C(=O)c2cccc([N+](=O)[O-])c2N)n[nH]1. The van der Waals surface area contributed by atoms with E-state index >= 15 is 0 Å². The number of nitrogen functional groups attached to an aromatic ring is 1. The van der Waals surface area contributed by atoms with Crippen LogP contribution in [0.3, 0.4) is 0 Å². The number of para-hydroxylation sites is 1. The number of amides is 1. The minimum absolute atomic E-state index is 0.0824. The molecule has 21 heavy (non-hydrogen) atoms. The average molecular weight is 290 g/mol. The third-order valence-corrected chi connectivity index (χ3v) is 2.88. The van der Waals surface area contributed by atoms with Crippen molar-refractivity contribution in [1.82, 2.24) is 20.1 Å². The van der Waals surface area contributed by atoms with E-state index in [4.69, 9.17) is 5.73 Å². The lowest BCUT2D eigenvalue weighted by atomic mass is 10.1. The van der Waals surface area contributed by atoms with Crippen LogP contribution in [0.5, 0.6) is 0 Å². The van der Waals surface area contributed by atoms with Gasteiger partial charge in [-0.1, -0.05) is 6.07 Å². The lowest BCUT2D eigenvalue weighted by Crippen LogP contribution is -2.27. The van der Waals surface area contributed by atoms with Crippen molar-refractivity contribution < 1.29 is 9.72 Å². The number of anilines is 1. The molecule has 1 aromatic carbocycles. The molecule has 0 fully saturated rings. The van der Waals surface area contributed by atoms with E-state index in [2.05, 4.69) is 15.2 Å². The monoisotopic (exact) mass is 290 g/mol. The van der Waals surface area contributed by atoms with Gasteiger partial charge in [0.2, 0.25) is 0 Å². The second-order valence-corrected chi connectivity index (χ2v) is 4.49. The molecule has 0 saturated carbocycles. The Morgan fingerprint density at radius 3 is 2.81 bits per heavy atom. The molecule has 0 unspecified atom stereocenters. The lowest BCUT2D eigenvalue weighted by molar-refractivity contribution is -0.383. The smallest absolute Gasteiger partial charge is 0.292 e. The lowest BCUT2D eigenvalue weighted by Gasteiger charge is -2.16. The van der Waals surface area contributed by atoms with E-state index in [1.807, 2.05) is 0 Å². The molecule has 0 bridgehead atoms. The first-order chi connectivity index (χ1) is 9.90. The Balaban J connectivity index is 2.23. The maximum Gasteiger partial charge on any atom is 0.292 e. The molecule has 1 amide bonds. The molecule has 0 aliphatic carbocycles. The highest BCUT2D eigenvalue weighted by molar-refractivity contribution is 6.00. The zero-order chi connectivity index (χ0) is 15.6. The summed E-state index contributed by atoms with van der Waals surface area (Å²) in [5.41, 5.74) is 5.34. The van der Waals surface area contributed by atoms with Crippen LogP contribution in [0, 0.1) is 17.0 Å². The van der Waals surface area contributed by atoms with Gasteiger partial charge in [-0.3, -0.25) is 20.0 Å². The van der Waals surface area contributed by atoms with Crippen molar-refractivity contribution in [2.45, 2.75) is 13.5 Å². The first-order valence-corrected chi connectivity index (χ1v) is 6.06. The van der Waals surface area contributed by atoms with E-state index in [1.54, 1.807) is 14.0 Å². The van der Waals surface area contributed by atoms with E-state index in [1.165, 1.54) is 23.1 Å². The van der Waals surface area contributed by atoms with E-state index in [-0.39, 0.29) is 23.5 Å². The second-order valence-electron chi connectivity index (χ2n) is 4.49. The molecule has 0 aliphatic heterocycles. The van der Waals surface area contributed by atoms with Gasteiger partial charge in [0, 0.05) is 13.1 Å². The van der Waals surface area contributed by atoms with Crippen molar-refractivity contribution in [3.05, 3.63) is 45.5 Å². The fourth-order valence-electron chi connectivity index (χ4n) is 1.85. The molecule has 2 aromatic rings. The number of nitrogens with one attached hydrogen (secondary N) is 1. The largest absolute Gasteiger partial charge is 0.393 e. The van der Waals surface area contributed by atoms with Gasteiger partial charge >= 0.3 is 0 Å². The van der Waals surface area contributed by atoms with E-state index in [9.17, 15) is 14.9 Å². The Bertz CT molecular complexity index is 696. The van der Waals surface area contributed by atoms with Gasteiger partial charge < -0.3 is 10.6 Å². The molecule has 0 saturated heterocycles. The highest BCUT2D eigenvalue weighted by Crippen LogP contribution is 2.25. The molecule has 0 radical (unpaired) electrons. The molecule has 0 spiro atoms. The van der Waals surface area contributed by atoms with Gasteiger partial charge in [0.1, 0.15) is 11.5 Å². The first-order valence-electron chi connectivity index (χ1n) is 6.06. The third-order valence-electron chi connectivity index (χ3n) is 2.88. The van der Waals surface area contributed by atoms with Gasteiger partial charge in [0.25, 0.3) is 11.6 Å². The standard InChI is InChI=1S/C12H14N6O3/c1-7-14-10(16-15-7)6-17(2)12(19)8-4-3-5-9(11(8)13)18(20)21/h3-5H,6,13H2,1-2H3,(H,14,15,16). The summed E-state index contributed by atoms with van der Waals surface area (Å²) in [5.74, 6) is 0.659. The number of aryl methyl sites for hydroxylation is 1. The topological polar surface area (TPSA) is 131 Å².